The van der Waals surface area contributed by atoms with Crippen LogP contribution in [0.25, 0.3) is 22.1 Å². The summed E-state index contributed by atoms with van der Waals surface area (Å²) in [7, 11) is 3.04. The molecule has 0 bridgehead atoms. The van der Waals surface area contributed by atoms with Gasteiger partial charge in [-0.3, -0.25) is 14.4 Å². The minimum atomic E-state index is -0.479. The number of furan rings is 1. The SMILES string of the molecule is COc1ccc(C2COc3cc(OC(C)=O)c(Cc4oc5cc(OC)c(OC(C)=O)cc5c4-c4ccccc4)cc3C2)c(OC(C)=O)c1. The average Bonchev–Trinajstić information content (AvgIpc) is 3.40. The highest BCUT2D eigenvalue weighted by Gasteiger charge is 2.28. The molecule has 0 N–H and O–H groups in total. The number of benzene rings is 4. The van der Waals surface area contributed by atoms with E-state index in [1.54, 1.807) is 31.4 Å². The van der Waals surface area contributed by atoms with Gasteiger partial charge in [0.1, 0.15) is 34.3 Å². The maximum atomic E-state index is 12.2. The Morgan fingerprint density at radius 1 is 0.750 bits per heavy atom. The Kier molecular flexibility index (Phi) is 9.07. The molecule has 0 aliphatic carbocycles. The molecule has 0 saturated carbocycles. The topological polar surface area (TPSA) is 120 Å². The summed E-state index contributed by atoms with van der Waals surface area (Å²) in [6, 6.07) is 22.2. The van der Waals surface area contributed by atoms with Crippen molar-refractivity contribution in [3.05, 3.63) is 95.2 Å². The molecule has 1 unspecified atom stereocenters. The first-order valence-electron chi connectivity index (χ1n) is 15.3. The second-order valence-electron chi connectivity index (χ2n) is 11.4. The third kappa shape index (κ3) is 6.69. The quantitative estimate of drug-likeness (QED) is 0.120. The maximum absolute atomic E-state index is 12.2. The Morgan fingerprint density at radius 2 is 1.46 bits per heavy atom. The molecule has 0 spiro atoms. The summed E-state index contributed by atoms with van der Waals surface area (Å²) >= 11 is 0. The molecule has 0 amide bonds. The number of methoxy groups -OCH3 is 2. The second kappa shape index (κ2) is 13.5. The van der Waals surface area contributed by atoms with Crippen molar-refractivity contribution in [2.45, 2.75) is 39.5 Å². The lowest BCUT2D eigenvalue weighted by Crippen LogP contribution is -2.21. The van der Waals surface area contributed by atoms with E-state index in [4.69, 9.17) is 32.8 Å². The largest absolute Gasteiger partial charge is 0.497 e. The van der Waals surface area contributed by atoms with Crippen LogP contribution in [0.5, 0.6) is 34.5 Å². The molecule has 0 fully saturated rings. The number of hydrogen-bond donors (Lipinski definition) is 0. The van der Waals surface area contributed by atoms with E-state index in [2.05, 4.69) is 0 Å². The molecule has 2 heterocycles. The Bertz CT molecular complexity index is 2030. The second-order valence-corrected chi connectivity index (χ2v) is 11.4. The van der Waals surface area contributed by atoms with Crippen LogP contribution in [0.1, 0.15) is 49.1 Å². The van der Waals surface area contributed by atoms with Crippen molar-refractivity contribution in [1.29, 1.82) is 0 Å². The van der Waals surface area contributed by atoms with Gasteiger partial charge < -0.3 is 32.8 Å². The van der Waals surface area contributed by atoms with Crippen LogP contribution < -0.4 is 28.4 Å². The van der Waals surface area contributed by atoms with Crippen molar-refractivity contribution in [3.8, 4) is 45.6 Å². The van der Waals surface area contributed by atoms with Gasteiger partial charge in [0.05, 0.1) is 20.8 Å². The molecule has 1 aliphatic heterocycles. The fourth-order valence-electron chi connectivity index (χ4n) is 6.04. The van der Waals surface area contributed by atoms with Crippen LogP contribution in [-0.2, 0) is 27.2 Å². The summed E-state index contributed by atoms with van der Waals surface area (Å²) in [5.41, 5.74) is 4.61. The zero-order valence-electron chi connectivity index (χ0n) is 27.2. The van der Waals surface area contributed by atoms with Crippen LogP contribution in [0.4, 0.5) is 0 Å². The first-order chi connectivity index (χ1) is 23.1. The summed E-state index contributed by atoms with van der Waals surface area (Å²) in [6.45, 7) is 4.35. The molecule has 10 heteroatoms. The van der Waals surface area contributed by atoms with Gasteiger partial charge in [-0.1, -0.05) is 36.4 Å². The van der Waals surface area contributed by atoms with Crippen LogP contribution in [0.2, 0.25) is 0 Å². The van der Waals surface area contributed by atoms with Crippen LogP contribution in [0.15, 0.2) is 77.2 Å². The zero-order chi connectivity index (χ0) is 33.9. The molecule has 1 aromatic heterocycles. The van der Waals surface area contributed by atoms with Crippen molar-refractivity contribution >= 4 is 28.9 Å². The lowest BCUT2D eigenvalue weighted by atomic mass is 9.88. The minimum Gasteiger partial charge on any atom is -0.497 e. The summed E-state index contributed by atoms with van der Waals surface area (Å²) in [6.07, 6.45) is 0.823. The molecule has 1 atom stereocenters. The molecular weight excluding hydrogens is 616 g/mol. The van der Waals surface area contributed by atoms with E-state index in [9.17, 15) is 14.4 Å². The van der Waals surface area contributed by atoms with Crippen molar-refractivity contribution in [3.63, 3.8) is 0 Å². The van der Waals surface area contributed by atoms with Crippen molar-refractivity contribution in [2.75, 3.05) is 20.8 Å². The number of esters is 3. The number of fused-ring (bicyclic) bond motifs is 2. The zero-order valence-corrected chi connectivity index (χ0v) is 27.2. The molecule has 5 aromatic rings. The molecular formula is C38H34O10. The normalized spacial score (nSPS) is 13.6. The minimum absolute atomic E-state index is 0.136. The standard InChI is InChI=1S/C38H34O10/c1-21(39)45-32-18-31-25(14-27(20-44-31)29-12-11-28(42-4)16-33(29)46-22(2)40)13-26(32)15-37-38(24-9-7-6-8-10-24)30-17-36(47-23(3)41)35(43-5)19-34(30)48-37/h6-13,16-19,27H,14-15,20H2,1-5H3. The summed E-state index contributed by atoms with van der Waals surface area (Å²) in [4.78, 5) is 36.0. The highest BCUT2D eigenvalue weighted by atomic mass is 16.6. The van der Waals surface area contributed by atoms with Crippen molar-refractivity contribution in [1.82, 2.24) is 0 Å². The van der Waals surface area contributed by atoms with E-state index in [0.29, 0.717) is 58.7 Å². The average molecular weight is 651 g/mol. The first-order valence-corrected chi connectivity index (χ1v) is 15.3. The molecule has 6 rings (SSSR count). The summed E-state index contributed by atoms with van der Waals surface area (Å²) < 4.78 is 40.2. The lowest BCUT2D eigenvalue weighted by Gasteiger charge is -2.28. The van der Waals surface area contributed by atoms with Gasteiger partial charge in [0.25, 0.3) is 0 Å². The van der Waals surface area contributed by atoms with Crippen molar-refractivity contribution in [2.24, 2.45) is 0 Å². The monoisotopic (exact) mass is 650 g/mol. The fourth-order valence-corrected chi connectivity index (χ4v) is 6.04. The Morgan fingerprint density at radius 3 is 2.15 bits per heavy atom. The van der Waals surface area contributed by atoms with E-state index in [0.717, 1.165) is 27.6 Å². The van der Waals surface area contributed by atoms with Crippen LogP contribution in [-0.4, -0.2) is 38.7 Å². The van der Waals surface area contributed by atoms with Crippen LogP contribution in [0.3, 0.4) is 0 Å². The van der Waals surface area contributed by atoms with E-state index in [-0.39, 0.29) is 18.1 Å². The molecule has 0 radical (unpaired) electrons. The highest BCUT2D eigenvalue weighted by Crippen LogP contribution is 2.44. The number of carbonyl (C=O) groups is 3. The Balaban J connectivity index is 1.45. The molecule has 246 valence electrons. The lowest BCUT2D eigenvalue weighted by molar-refractivity contribution is -0.132. The molecule has 10 nitrogen and oxygen atoms in total. The molecule has 4 aromatic carbocycles. The maximum Gasteiger partial charge on any atom is 0.308 e. The number of ether oxygens (including phenoxy) is 6. The van der Waals surface area contributed by atoms with Gasteiger partial charge in [0.15, 0.2) is 11.5 Å². The van der Waals surface area contributed by atoms with Gasteiger partial charge in [-0.25, -0.2) is 0 Å². The molecule has 48 heavy (non-hydrogen) atoms. The Hall–Kier alpha value is -5.77. The van der Waals surface area contributed by atoms with Gasteiger partial charge in [0, 0.05) is 73.4 Å². The number of carbonyl (C=O) groups excluding carboxylic acids is 3. The van der Waals surface area contributed by atoms with Gasteiger partial charge >= 0.3 is 17.9 Å². The van der Waals surface area contributed by atoms with E-state index < -0.39 is 17.9 Å². The third-order valence-corrected chi connectivity index (χ3v) is 8.03. The highest BCUT2D eigenvalue weighted by molar-refractivity contribution is 5.98. The molecule has 0 saturated heterocycles. The van der Waals surface area contributed by atoms with Crippen LogP contribution >= 0.6 is 0 Å². The number of hydrogen-bond acceptors (Lipinski definition) is 10. The smallest absolute Gasteiger partial charge is 0.308 e. The summed E-state index contributed by atoms with van der Waals surface area (Å²) in [5, 5.41) is 0.723. The number of rotatable bonds is 9. The Labute approximate surface area is 277 Å². The summed E-state index contributed by atoms with van der Waals surface area (Å²) in [5.74, 6) is 1.62. The predicted octanol–water partition coefficient (Wildman–Crippen LogP) is 7.20. The molecule has 1 aliphatic rings. The fraction of sp³-hybridized carbons (Fsp3) is 0.237. The van der Waals surface area contributed by atoms with Gasteiger partial charge in [0.2, 0.25) is 0 Å². The first kappa shape index (κ1) is 32.2. The van der Waals surface area contributed by atoms with Gasteiger partial charge in [-0.15, -0.1) is 0 Å². The van der Waals surface area contributed by atoms with E-state index >= 15 is 0 Å². The van der Waals surface area contributed by atoms with Crippen LogP contribution in [0, 0.1) is 0 Å². The van der Waals surface area contributed by atoms with E-state index in [1.165, 1.54) is 27.9 Å². The predicted molar refractivity (Wildman–Crippen MR) is 176 cm³/mol. The van der Waals surface area contributed by atoms with Gasteiger partial charge in [-0.05, 0) is 35.7 Å². The van der Waals surface area contributed by atoms with Gasteiger partial charge in [-0.2, -0.15) is 0 Å². The third-order valence-electron chi connectivity index (χ3n) is 8.03. The van der Waals surface area contributed by atoms with E-state index in [1.807, 2.05) is 48.5 Å². The van der Waals surface area contributed by atoms with Crippen molar-refractivity contribution < 1.29 is 47.2 Å².